The van der Waals surface area contributed by atoms with E-state index in [0.29, 0.717) is 35.7 Å². The van der Waals surface area contributed by atoms with Gasteiger partial charge in [0.1, 0.15) is 0 Å². The number of benzene rings is 3. The number of amides is 1. The molecule has 39 heavy (non-hydrogen) atoms. The van der Waals surface area contributed by atoms with Crippen LogP contribution in [-0.2, 0) is 31.3 Å². The summed E-state index contributed by atoms with van der Waals surface area (Å²) in [7, 11) is -7.71. The van der Waals surface area contributed by atoms with E-state index in [1.165, 1.54) is 32.9 Å². The Labute approximate surface area is 234 Å². The number of hydrogen-bond donors (Lipinski definition) is 1. The van der Waals surface area contributed by atoms with Crippen molar-refractivity contribution in [2.75, 3.05) is 22.7 Å². The maximum absolute atomic E-state index is 13.5. The van der Waals surface area contributed by atoms with Gasteiger partial charge in [-0.05, 0) is 73.4 Å². The monoisotopic (exact) mass is 587 g/mol. The molecule has 0 aromatic heterocycles. The smallest absolute Gasteiger partial charge is 0.264 e. The molecule has 1 aliphatic carbocycles. The minimum absolute atomic E-state index is 0.128. The van der Waals surface area contributed by atoms with Crippen LogP contribution in [0.25, 0.3) is 0 Å². The average Bonchev–Trinajstić information content (AvgIpc) is 3.37. The van der Waals surface area contributed by atoms with Crippen LogP contribution in [0.5, 0.6) is 0 Å². The Kier molecular flexibility index (Phi) is 8.00. The van der Waals surface area contributed by atoms with Gasteiger partial charge in [-0.25, -0.2) is 16.8 Å². The first kappa shape index (κ1) is 27.6. The molecule has 0 bridgehead atoms. The molecule has 11 heteroatoms. The van der Waals surface area contributed by atoms with Crippen LogP contribution in [0.15, 0.2) is 82.6 Å². The molecule has 1 heterocycles. The first-order valence-corrected chi connectivity index (χ1v) is 16.2. The third-order valence-electron chi connectivity index (χ3n) is 7.25. The maximum Gasteiger partial charge on any atom is 0.264 e. The SMILES string of the molecule is O=C(CN(C1CCCCC1)S(=O)(=O)c1ccccc1)Nc1ccc2c(c1)N(S(=O)(=O)c1ccc(Cl)cc1)CC2. The number of hydrogen-bond acceptors (Lipinski definition) is 5. The van der Waals surface area contributed by atoms with E-state index in [-0.39, 0.29) is 28.9 Å². The fourth-order valence-electron chi connectivity index (χ4n) is 5.26. The summed E-state index contributed by atoms with van der Waals surface area (Å²) < 4.78 is 56.4. The van der Waals surface area contributed by atoms with Crippen molar-refractivity contribution in [2.45, 2.75) is 54.4 Å². The van der Waals surface area contributed by atoms with E-state index in [0.717, 1.165) is 24.8 Å². The molecule has 8 nitrogen and oxygen atoms in total. The van der Waals surface area contributed by atoms with Crippen molar-refractivity contribution in [3.05, 3.63) is 83.4 Å². The van der Waals surface area contributed by atoms with E-state index < -0.39 is 26.0 Å². The summed E-state index contributed by atoms with van der Waals surface area (Å²) in [6.07, 6.45) is 4.82. The predicted octanol–water partition coefficient (Wildman–Crippen LogP) is 5.05. The van der Waals surface area contributed by atoms with Crippen LogP contribution < -0.4 is 9.62 Å². The Balaban J connectivity index is 1.37. The van der Waals surface area contributed by atoms with Crippen LogP contribution in [0.1, 0.15) is 37.7 Å². The number of nitrogens with one attached hydrogen (secondary N) is 1. The van der Waals surface area contributed by atoms with Gasteiger partial charge in [-0.15, -0.1) is 0 Å². The molecule has 206 valence electrons. The summed E-state index contributed by atoms with van der Waals surface area (Å²) in [5, 5.41) is 3.24. The number of nitrogens with zero attached hydrogens (tertiary/aromatic N) is 2. The molecule has 0 unspecified atom stereocenters. The van der Waals surface area contributed by atoms with Gasteiger partial charge in [0.05, 0.1) is 22.0 Å². The molecule has 1 amide bonds. The van der Waals surface area contributed by atoms with Gasteiger partial charge >= 0.3 is 0 Å². The molecule has 0 saturated heterocycles. The Morgan fingerprint density at radius 3 is 2.28 bits per heavy atom. The maximum atomic E-state index is 13.5. The summed E-state index contributed by atoms with van der Waals surface area (Å²) in [6, 6.07) is 19.0. The number of fused-ring (bicyclic) bond motifs is 1. The van der Waals surface area contributed by atoms with E-state index in [2.05, 4.69) is 5.32 Å². The molecule has 1 saturated carbocycles. The van der Waals surface area contributed by atoms with Crippen molar-refractivity contribution in [3.8, 4) is 0 Å². The highest BCUT2D eigenvalue weighted by atomic mass is 35.5. The largest absolute Gasteiger partial charge is 0.325 e. The number of anilines is 2. The van der Waals surface area contributed by atoms with Gasteiger partial charge in [0, 0.05) is 23.3 Å². The Morgan fingerprint density at radius 1 is 0.897 bits per heavy atom. The van der Waals surface area contributed by atoms with Crippen molar-refractivity contribution in [2.24, 2.45) is 0 Å². The number of sulfonamides is 2. The van der Waals surface area contributed by atoms with Crippen LogP contribution >= 0.6 is 11.6 Å². The molecule has 0 atom stereocenters. The molecule has 0 radical (unpaired) electrons. The Bertz CT molecular complexity index is 1560. The van der Waals surface area contributed by atoms with Crippen molar-refractivity contribution in [3.63, 3.8) is 0 Å². The minimum Gasteiger partial charge on any atom is -0.325 e. The van der Waals surface area contributed by atoms with Gasteiger partial charge in [0.25, 0.3) is 10.0 Å². The Hall–Kier alpha value is -2.92. The summed E-state index contributed by atoms with van der Waals surface area (Å²) in [5.41, 5.74) is 1.74. The van der Waals surface area contributed by atoms with Gasteiger partial charge in [-0.3, -0.25) is 9.10 Å². The zero-order valence-corrected chi connectivity index (χ0v) is 23.7. The number of carbonyl (C=O) groups excluding carboxylic acids is 1. The highest BCUT2D eigenvalue weighted by molar-refractivity contribution is 7.92. The second-order valence-electron chi connectivity index (χ2n) is 9.83. The second-order valence-corrected chi connectivity index (χ2v) is 14.0. The van der Waals surface area contributed by atoms with Gasteiger partial charge in [-0.2, -0.15) is 4.31 Å². The lowest BCUT2D eigenvalue weighted by atomic mass is 9.95. The third-order valence-corrected chi connectivity index (χ3v) is 11.2. The Morgan fingerprint density at radius 2 is 1.59 bits per heavy atom. The molecule has 1 N–H and O–H groups in total. The highest BCUT2D eigenvalue weighted by Crippen LogP contribution is 2.35. The van der Waals surface area contributed by atoms with Crippen molar-refractivity contribution >= 4 is 48.9 Å². The van der Waals surface area contributed by atoms with Gasteiger partial charge in [0.15, 0.2) is 0 Å². The molecule has 5 rings (SSSR count). The molecular formula is C28H30ClN3O5S2. The highest BCUT2D eigenvalue weighted by Gasteiger charge is 2.35. The quantitative estimate of drug-likeness (QED) is 0.397. The molecule has 1 fully saturated rings. The van der Waals surface area contributed by atoms with E-state index >= 15 is 0 Å². The van der Waals surface area contributed by atoms with Crippen LogP contribution in [0.4, 0.5) is 11.4 Å². The number of carbonyl (C=O) groups is 1. The summed E-state index contributed by atoms with van der Waals surface area (Å²) >= 11 is 5.93. The molecule has 3 aromatic carbocycles. The van der Waals surface area contributed by atoms with Crippen LogP contribution in [0, 0.1) is 0 Å². The summed E-state index contributed by atoms with van der Waals surface area (Å²) in [6.45, 7) is -0.0474. The van der Waals surface area contributed by atoms with Crippen molar-refractivity contribution in [1.82, 2.24) is 4.31 Å². The van der Waals surface area contributed by atoms with Crippen molar-refractivity contribution in [1.29, 1.82) is 0 Å². The fraction of sp³-hybridized carbons (Fsp3) is 0.321. The normalized spacial score (nSPS) is 16.3. The van der Waals surface area contributed by atoms with Gasteiger partial charge in [0.2, 0.25) is 15.9 Å². The molecule has 2 aliphatic rings. The lowest BCUT2D eigenvalue weighted by molar-refractivity contribution is -0.116. The number of rotatable bonds is 8. The van der Waals surface area contributed by atoms with Gasteiger partial charge in [-0.1, -0.05) is 55.1 Å². The second kappa shape index (κ2) is 11.3. The fourth-order valence-corrected chi connectivity index (χ4v) is 8.54. The zero-order chi connectivity index (χ0) is 27.6. The van der Waals surface area contributed by atoms with Crippen LogP contribution in [0.2, 0.25) is 5.02 Å². The average molecular weight is 588 g/mol. The first-order chi connectivity index (χ1) is 18.7. The minimum atomic E-state index is -3.88. The summed E-state index contributed by atoms with van der Waals surface area (Å²) in [5.74, 6) is -0.481. The van der Waals surface area contributed by atoms with E-state index in [9.17, 15) is 21.6 Å². The van der Waals surface area contributed by atoms with Gasteiger partial charge < -0.3 is 5.32 Å². The predicted molar refractivity (Wildman–Crippen MR) is 152 cm³/mol. The first-order valence-electron chi connectivity index (χ1n) is 12.9. The van der Waals surface area contributed by atoms with Crippen LogP contribution in [0.3, 0.4) is 0 Å². The van der Waals surface area contributed by atoms with Crippen LogP contribution in [-0.4, -0.2) is 46.2 Å². The van der Waals surface area contributed by atoms with E-state index in [4.69, 9.17) is 11.6 Å². The van der Waals surface area contributed by atoms with Crippen molar-refractivity contribution < 1.29 is 21.6 Å². The molecule has 1 aliphatic heterocycles. The molecule has 3 aromatic rings. The lowest BCUT2D eigenvalue weighted by Crippen LogP contribution is -2.45. The lowest BCUT2D eigenvalue weighted by Gasteiger charge is -2.33. The topological polar surface area (TPSA) is 104 Å². The molecular weight excluding hydrogens is 558 g/mol. The standard InChI is InChI=1S/C28H30ClN3O5S2/c29-22-12-15-26(16-13-22)38(34,35)31-18-17-21-11-14-23(19-27(21)31)30-28(33)20-32(24-7-3-1-4-8-24)39(36,37)25-9-5-2-6-10-25/h2,5-6,9-16,19,24H,1,3-4,7-8,17-18,20H2,(H,30,33). The number of halogens is 1. The summed E-state index contributed by atoms with van der Waals surface area (Å²) in [4.78, 5) is 13.5. The molecule has 0 spiro atoms. The zero-order valence-electron chi connectivity index (χ0n) is 21.3. The van der Waals surface area contributed by atoms with E-state index in [1.54, 1.807) is 48.5 Å². The van der Waals surface area contributed by atoms with E-state index in [1.807, 2.05) is 0 Å². The third kappa shape index (κ3) is 5.84.